The number of nitrogens with zero attached hydrogens (tertiary/aromatic N) is 1. The molecule has 1 heterocycles. The first kappa shape index (κ1) is 19.0. The molecule has 0 radical (unpaired) electrons. The molecule has 0 bridgehead atoms. The number of hydrogen-bond donors (Lipinski definition) is 2. The van der Waals surface area contributed by atoms with Crippen molar-refractivity contribution in [3.05, 3.63) is 59.7 Å². The molecule has 0 saturated carbocycles. The van der Waals surface area contributed by atoms with Gasteiger partial charge in [0.05, 0.1) is 11.6 Å². The molecule has 1 aliphatic heterocycles. The standard InChI is InChI=1S/C22H27N3O2/c1-3-21(26)24-18-11-12-20(25-13-7-8-14-25)19(15-18)22(27)23-16(2)17-9-5-4-6-10-17/h4-6,9-12,15-16H,3,7-8,13-14H2,1-2H3,(H,23,27)(H,24,26). The summed E-state index contributed by atoms with van der Waals surface area (Å²) in [6.07, 6.45) is 2.67. The summed E-state index contributed by atoms with van der Waals surface area (Å²) in [5, 5.41) is 5.94. The van der Waals surface area contributed by atoms with Gasteiger partial charge < -0.3 is 15.5 Å². The average Bonchev–Trinajstić information content (AvgIpc) is 3.23. The fourth-order valence-electron chi connectivity index (χ4n) is 3.38. The van der Waals surface area contributed by atoms with Crippen molar-refractivity contribution < 1.29 is 9.59 Å². The molecule has 2 N–H and O–H groups in total. The normalized spacial score (nSPS) is 14.7. The van der Waals surface area contributed by atoms with Crippen LogP contribution in [0.1, 0.15) is 55.1 Å². The van der Waals surface area contributed by atoms with Gasteiger partial charge in [-0.15, -0.1) is 0 Å². The quantitative estimate of drug-likeness (QED) is 0.809. The van der Waals surface area contributed by atoms with Crippen LogP contribution in [0, 0.1) is 0 Å². The van der Waals surface area contributed by atoms with Crippen molar-refractivity contribution in [3.8, 4) is 0 Å². The van der Waals surface area contributed by atoms with Crippen LogP contribution in [0.25, 0.3) is 0 Å². The van der Waals surface area contributed by atoms with E-state index in [2.05, 4.69) is 15.5 Å². The van der Waals surface area contributed by atoms with E-state index >= 15 is 0 Å². The molecule has 5 heteroatoms. The second kappa shape index (κ2) is 8.71. The maximum Gasteiger partial charge on any atom is 0.253 e. The fraction of sp³-hybridized carbons (Fsp3) is 0.364. The van der Waals surface area contributed by atoms with Crippen molar-refractivity contribution in [2.75, 3.05) is 23.3 Å². The summed E-state index contributed by atoms with van der Waals surface area (Å²) < 4.78 is 0. The third-order valence-electron chi connectivity index (χ3n) is 4.94. The molecule has 2 amide bonds. The Labute approximate surface area is 160 Å². The summed E-state index contributed by atoms with van der Waals surface area (Å²) >= 11 is 0. The van der Waals surface area contributed by atoms with Crippen LogP contribution in [0.5, 0.6) is 0 Å². The number of carbonyl (C=O) groups is 2. The topological polar surface area (TPSA) is 61.4 Å². The minimum absolute atomic E-state index is 0.0621. The maximum absolute atomic E-state index is 13.1. The first-order chi connectivity index (χ1) is 13.1. The van der Waals surface area contributed by atoms with Gasteiger partial charge in [-0.25, -0.2) is 0 Å². The van der Waals surface area contributed by atoms with Gasteiger partial charge in [0.2, 0.25) is 5.91 Å². The van der Waals surface area contributed by atoms with E-state index in [9.17, 15) is 9.59 Å². The number of amides is 2. The summed E-state index contributed by atoms with van der Waals surface area (Å²) in [6.45, 7) is 5.69. The summed E-state index contributed by atoms with van der Waals surface area (Å²) in [6, 6.07) is 15.4. The van der Waals surface area contributed by atoms with Gasteiger partial charge in [0, 0.05) is 30.9 Å². The molecule has 0 aliphatic carbocycles. The average molecular weight is 365 g/mol. The highest BCUT2D eigenvalue weighted by molar-refractivity contribution is 6.02. The molecule has 1 unspecified atom stereocenters. The third kappa shape index (κ3) is 4.67. The molecule has 2 aromatic carbocycles. The Morgan fingerprint density at radius 3 is 2.44 bits per heavy atom. The van der Waals surface area contributed by atoms with E-state index in [-0.39, 0.29) is 17.9 Å². The molecular weight excluding hydrogens is 338 g/mol. The SMILES string of the molecule is CCC(=O)Nc1ccc(N2CCCC2)c(C(=O)NC(C)c2ccccc2)c1. The minimum atomic E-state index is -0.124. The molecule has 1 fully saturated rings. The second-order valence-corrected chi connectivity index (χ2v) is 6.93. The predicted octanol–water partition coefficient (Wildman–Crippen LogP) is 4.13. The molecule has 2 aromatic rings. The van der Waals surface area contributed by atoms with Gasteiger partial charge in [-0.05, 0) is 43.5 Å². The number of benzene rings is 2. The lowest BCUT2D eigenvalue weighted by Gasteiger charge is -2.23. The lowest BCUT2D eigenvalue weighted by atomic mass is 10.1. The van der Waals surface area contributed by atoms with Gasteiger partial charge in [0.1, 0.15) is 0 Å². The van der Waals surface area contributed by atoms with E-state index < -0.39 is 0 Å². The van der Waals surface area contributed by atoms with Gasteiger partial charge in [-0.1, -0.05) is 37.3 Å². The van der Waals surface area contributed by atoms with Gasteiger partial charge in [0.25, 0.3) is 5.91 Å². The summed E-state index contributed by atoms with van der Waals surface area (Å²) in [5.74, 6) is -0.186. The second-order valence-electron chi connectivity index (χ2n) is 6.93. The minimum Gasteiger partial charge on any atom is -0.371 e. The highest BCUT2D eigenvalue weighted by Gasteiger charge is 2.21. The number of nitrogens with one attached hydrogen (secondary N) is 2. The highest BCUT2D eigenvalue weighted by Crippen LogP contribution is 2.28. The Morgan fingerprint density at radius 2 is 1.78 bits per heavy atom. The maximum atomic E-state index is 13.1. The van der Waals surface area contributed by atoms with Gasteiger partial charge >= 0.3 is 0 Å². The number of hydrogen-bond acceptors (Lipinski definition) is 3. The Hall–Kier alpha value is -2.82. The third-order valence-corrected chi connectivity index (χ3v) is 4.94. The van der Waals surface area contributed by atoms with Crippen LogP contribution in [0.15, 0.2) is 48.5 Å². The molecule has 1 saturated heterocycles. The van der Waals surface area contributed by atoms with Crippen LogP contribution in [0.2, 0.25) is 0 Å². The molecule has 3 rings (SSSR count). The van der Waals surface area contributed by atoms with Crippen LogP contribution < -0.4 is 15.5 Å². The Kier molecular flexibility index (Phi) is 6.12. The van der Waals surface area contributed by atoms with E-state index in [0.29, 0.717) is 17.7 Å². The lowest BCUT2D eigenvalue weighted by molar-refractivity contribution is -0.115. The van der Waals surface area contributed by atoms with Crippen molar-refractivity contribution >= 4 is 23.2 Å². The first-order valence-electron chi connectivity index (χ1n) is 9.63. The van der Waals surface area contributed by atoms with Crippen LogP contribution in [0.4, 0.5) is 11.4 Å². The van der Waals surface area contributed by atoms with Gasteiger partial charge in [0.15, 0.2) is 0 Å². The van der Waals surface area contributed by atoms with Crippen LogP contribution >= 0.6 is 0 Å². The zero-order valence-electron chi connectivity index (χ0n) is 16.0. The monoisotopic (exact) mass is 365 g/mol. The van der Waals surface area contributed by atoms with Crippen molar-refractivity contribution in [3.63, 3.8) is 0 Å². The summed E-state index contributed by atoms with van der Waals surface area (Å²) in [7, 11) is 0. The van der Waals surface area contributed by atoms with Crippen molar-refractivity contribution in [2.24, 2.45) is 0 Å². The predicted molar refractivity (Wildman–Crippen MR) is 109 cm³/mol. The Balaban J connectivity index is 1.86. The molecular formula is C22H27N3O2. The van der Waals surface area contributed by atoms with E-state index in [1.807, 2.05) is 56.3 Å². The molecule has 1 aliphatic rings. The van der Waals surface area contributed by atoms with Crippen LogP contribution in [-0.2, 0) is 4.79 Å². The molecule has 142 valence electrons. The molecule has 5 nitrogen and oxygen atoms in total. The van der Waals surface area contributed by atoms with Crippen molar-refractivity contribution in [2.45, 2.75) is 39.2 Å². The lowest BCUT2D eigenvalue weighted by Crippen LogP contribution is -2.29. The van der Waals surface area contributed by atoms with Crippen molar-refractivity contribution in [1.82, 2.24) is 5.32 Å². The summed E-state index contributed by atoms with van der Waals surface area (Å²) in [4.78, 5) is 27.1. The van der Waals surface area contributed by atoms with Gasteiger partial charge in [-0.2, -0.15) is 0 Å². The zero-order chi connectivity index (χ0) is 19.2. The molecule has 0 spiro atoms. The van der Waals surface area contributed by atoms with Crippen molar-refractivity contribution in [1.29, 1.82) is 0 Å². The zero-order valence-corrected chi connectivity index (χ0v) is 16.0. The number of carbonyl (C=O) groups excluding carboxylic acids is 2. The highest BCUT2D eigenvalue weighted by atomic mass is 16.2. The van der Waals surface area contributed by atoms with Crippen LogP contribution in [-0.4, -0.2) is 24.9 Å². The Bertz CT molecular complexity index is 798. The molecule has 27 heavy (non-hydrogen) atoms. The Morgan fingerprint density at radius 1 is 1.07 bits per heavy atom. The van der Waals surface area contributed by atoms with Crippen LogP contribution in [0.3, 0.4) is 0 Å². The first-order valence-corrected chi connectivity index (χ1v) is 9.63. The summed E-state index contributed by atoms with van der Waals surface area (Å²) in [5.41, 5.74) is 3.25. The smallest absolute Gasteiger partial charge is 0.253 e. The van der Waals surface area contributed by atoms with E-state index in [0.717, 1.165) is 37.2 Å². The fourth-order valence-corrected chi connectivity index (χ4v) is 3.38. The largest absolute Gasteiger partial charge is 0.371 e. The number of anilines is 2. The molecule has 1 atom stereocenters. The van der Waals surface area contributed by atoms with E-state index in [4.69, 9.17) is 0 Å². The van der Waals surface area contributed by atoms with E-state index in [1.54, 1.807) is 6.07 Å². The van der Waals surface area contributed by atoms with Gasteiger partial charge in [-0.3, -0.25) is 9.59 Å². The molecule has 0 aromatic heterocycles. The van der Waals surface area contributed by atoms with E-state index in [1.165, 1.54) is 0 Å². The number of rotatable bonds is 6.